The lowest BCUT2D eigenvalue weighted by Gasteiger charge is -2.34. The summed E-state index contributed by atoms with van der Waals surface area (Å²) in [5, 5.41) is 0. The molecular weight excluding hydrogens is 567 g/mol. The molecule has 1 aliphatic carbocycles. The highest BCUT2D eigenvalue weighted by Crippen LogP contribution is 2.56. The van der Waals surface area contributed by atoms with E-state index in [2.05, 4.69) is 154 Å². The monoisotopic (exact) mass is 607 g/mol. The maximum atomic E-state index is 6.50. The summed E-state index contributed by atoms with van der Waals surface area (Å²) in [7, 11) is 0. The molecule has 47 heavy (non-hydrogen) atoms. The molecule has 0 spiro atoms. The Morgan fingerprint density at radius 1 is 0.723 bits per heavy atom. The minimum Gasteiger partial charge on any atom is -0.398 e. The second-order valence-electron chi connectivity index (χ2n) is 12.1. The van der Waals surface area contributed by atoms with Crippen molar-refractivity contribution in [3.05, 3.63) is 222 Å². The summed E-state index contributed by atoms with van der Waals surface area (Å²) in [5.41, 5.74) is 21.0. The Balaban J connectivity index is 1.44. The van der Waals surface area contributed by atoms with Crippen LogP contribution in [0.4, 0.5) is 0 Å². The summed E-state index contributed by atoms with van der Waals surface area (Å²) in [5.74, 6) is 0. The first-order valence-corrected chi connectivity index (χ1v) is 16.2. The van der Waals surface area contributed by atoms with Gasteiger partial charge in [-0.2, -0.15) is 0 Å². The quantitative estimate of drug-likeness (QED) is 0.154. The van der Waals surface area contributed by atoms with Crippen LogP contribution in [0.2, 0.25) is 0 Å². The van der Waals surface area contributed by atoms with Crippen molar-refractivity contribution in [3.63, 3.8) is 0 Å². The molecule has 6 rings (SSSR count). The summed E-state index contributed by atoms with van der Waals surface area (Å²) in [6.07, 6.45) is 12.8. The summed E-state index contributed by atoms with van der Waals surface area (Å²) < 4.78 is 0. The fourth-order valence-corrected chi connectivity index (χ4v) is 6.86. The Morgan fingerprint density at radius 2 is 1.34 bits per heavy atom. The minimum atomic E-state index is -0.404. The van der Waals surface area contributed by atoms with Gasteiger partial charge in [0.2, 0.25) is 0 Å². The van der Waals surface area contributed by atoms with Gasteiger partial charge < -0.3 is 5.73 Å². The second-order valence-corrected chi connectivity index (χ2v) is 12.1. The number of benzene rings is 5. The van der Waals surface area contributed by atoms with Crippen LogP contribution in [-0.4, -0.2) is 0 Å². The maximum Gasteiger partial charge on any atom is 0.0713 e. The van der Waals surface area contributed by atoms with Crippen molar-refractivity contribution in [2.75, 3.05) is 0 Å². The third-order valence-corrected chi connectivity index (χ3v) is 9.10. The van der Waals surface area contributed by atoms with Crippen LogP contribution in [-0.2, 0) is 5.41 Å². The molecule has 1 nitrogen and oxygen atoms in total. The highest BCUT2D eigenvalue weighted by molar-refractivity contribution is 5.86. The number of hydrogen-bond acceptors (Lipinski definition) is 1. The van der Waals surface area contributed by atoms with Crippen LogP contribution in [0.3, 0.4) is 0 Å². The molecule has 0 bridgehead atoms. The molecule has 1 aliphatic rings. The van der Waals surface area contributed by atoms with Crippen molar-refractivity contribution in [3.8, 4) is 22.3 Å². The van der Waals surface area contributed by atoms with Gasteiger partial charge in [0.25, 0.3) is 0 Å². The fourth-order valence-electron chi connectivity index (χ4n) is 6.86. The topological polar surface area (TPSA) is 26.0 Å². The molecule has 2 N–H and O–H groups in total. The van der Waals surface area contributed by atoms with Gasteiger partial charge in [0.15, 0.2) is 0 Å². The van der Waals surface area contributed by atoms with Crippen LogP contribution in [0.1, 0.15) is 48.1 Å². The highest BCUT2D eigenvalue weighted by atomic mass is 14.6. The number of nitrogens with two attached hydrogens (primary N) is 1. The average molecular weight is 608 g/mol. The van der Waals surface area contributed by atoms with E-state index in [9.17, 15) is 0 Å². The van der Waals surface area contributed by atoms with Gasteiger partial charge in [0.1, 0.15) is 0 Å². The van der Waals surface area contributed by atoms with Crippen LogP contribution in [0.5, 0.6) is 0 Å². The molecule has 1 heteroatoms. The van der Waals surface area contributed by atoms with E-state index in [0.717, 1.165) is 34.3 Å². The van der Waals surface area contributed by atoms with Gasteiger partial charge in [-0.05, 0) is 93.6 Å². The van der Waals surface area contributed by atoms with Crippen molar-refractivity contribution >= 4 is 5.57 Å². The zero-order valence-corrected chi connectivity index (χ0v) is 27.3. The van der Waals surface area contributed by atoms with E-state index >= 15 is 0 Å². The SMILES string of the molecule is C=C/C=C(\C)C/C=C(\C=C(/N)C(=C)/C=C\C)c1cccc(-c2ccc(C3(c4ccccc4)c4ccccc4-c4ccccc43)cc2)c1. The van der Waals surface area contributed by atoms with E-state index in [1.807, 2.05) is 37.3 Å². The van der Waals surface area contributed by atoms with Crippen LogP contribution in [0.25, 0.3) is 27.8 Å². The molecule has 0 aromatic heterocycles. The Bertz CT molecular complexity index is 2000. The van der Waals surface area contributed by atoms with Gasteiger partial charge in [-0.15, -0.1) is 0 Å². The van der Waals surface area contributed by atoms with Gasteiger partial charge in [0.05, 0.1) is 5.41 Å². The summed E-state index contributed by atoms with van der Waals surface area (Å²) in [6, 6.07) is 46.5. The van der Waals surface area contributed by atoms with E-state index < -0.39 is 5.41 Å². The highest BCUT2D eigenvalue weighted by Gasteiger charge is 2.45. The van der Waals surface area contributed by atoms with Crippen molar-refractivity contribution in [1.82, 2.24) is 0 Å². The predicted octanol–water partition coefficient (Wildman–Crippen LogP) is 11.6. The molecule has 0 atom stereocenters. The number of rotatable bonds is 10. The molecule has 0 heterocycles. The van der Waals surface area contributed by atoms with Gasteiger partial charge in [0, 0.05) is 5.70 Å². The fraction of sp³-hybridized carbons (Fsp3) is 0.0870. The maximum absolute atomic E-state index is 6.50. The van der Waals surface area contributed by atoms with E-state index in [4.69, 9.17) is 5.73 Å². The van der Waals surface area contributed by atoms with E-state index in [0.29, 0.717) is 5.70 Å². The molecule has 0 amide bonds. The van der Waals surface area contributed by atoms with Crippen LogP contribution in [0.15, 0.2) is 194 Å². The third kappa shape index (κ3) is 6.01. The Morgan fingerprint density at radius 3 is 1.98 bits per heavy atom. The Kier molecular flexibility index (Phi) is 9.18. The lowest BCUT2D eigenvalue weighted by Crippen LogP contribution is -2.28. The molecule has 5 aromatic carbocycles. The van der Waals surface area contributed by atoms with Gasteiger partial charge in [-0.25, -0.2) is 0 Å². The van der Waals surface area contributed by atoms with E-state index in [1.54, 1.807) is 0 Å². The zero-order valence-electron chi connectivity index (χ0n) is 27.3. The molecule has 0 unspecified atom stereocenters. The minimum absolute atomic E-state index is 0.404. The smallest absolute Gasteiger partial charge is 0.0713 e. The second kappa shape index (κ2) is 13.8. The standard InChI is InChI=1S/C46H41N/c1-5-15-33(3)25-26-38(32-45(47)34(4)16-6-2)37-18-14-17-36(31-37)35-27-29-40(30-28-35)46(39-19-8-7-9-20-39)43-23-12-10-21-41(43)42-22-11-13-24-44(42)46/h5-24,26-32H,1,4,25,47H2,2-3H3/b16-6-,33-15+,38-26+,45-32-. The van der Waals surface area contributed by atoms with Crippen molar-refractivity contribution in [2.45, 2.75) is 25.7 Å². The normalized spacial score (nSPS) is 14.1. The molecule has 230 valence electrons. The number of hydrogen-bond donors (Lipinski definition) is 1. The first-order valence-electron chi connectivity index (χ1n) is 16.2. The molecule has 0 saturated heterocycles. The molecule has 0 radical (unpaired) electrons. The lowest BCUT2D eigenvalue weighted by atomic mass is 9.67. The van der Waals surface area contributed by atoms with Crippen molar-refractivity contribution < 1.29 is 0 Å². The average Bonchev–Trinajstić information content (AvgIpc) is 3.42. The number of allylic oxidation sites excluding steroid dienone is 8. The Labute approximate surface area is 280 Å². The predicted molar refractivity (Wildman–Crippen MR) is 202 cm³/mol. The summed E-state index contributed by atoms with van der Waals surface area (Å²) >= 11 is 0. The molecule has 5 aromatic rings. The van der Waals surface area contributed by atoms with Crippen molar-refractivity contribution in [2.24, 2.45) is 5.73 Å². The van der Waals surface area contributed by atoms with E-state index in [1.165, 1.54) is 39.0 Å². The first-order chi connectivity index (χ1) is 23.0. The summed E-state index contributed by atoms with van der Waals surface area (Å²) in [4.78, 5) is 0. The summed E-state index contributed by atoms with van der Waals surface area (Å²) in [6.45, 7) is 12.1. The van der Waals surface area contributed by atoms with Crippen LogP contribution >= 0.6 is 0 Å². The van der Waals surface area contributed by atoms with Gasteiger partial charge in [-0.1, -0.05) is 170 Å². The molecule has 0 aliphatic heterocycles. The Hall–Kier alpha value is -5.66. The van der Waals surface area contributed by atoms with Crippen molar-refractivity contribution in [1.29, 1.82) is 0 Å². The van der Waals surface area contributed by atoms with Crippen LogP contribution < -0.4 is 5.73 Å². The lowest BCUT2D eigenvalue weighted by molar-refractivity contribution is 0.768. The largest absolute Gasteiger partial charge is 0.398 e. The van der Waals surface area contributed by atoms with Crippen LogP contribution in [0, 0.1) is 0 Å². The first kappa shape index (κ1) is 31.3. The van der Waals surface area contributed by atoms with E-state index in [-0.39, 0.29) is 0 Å². The van der Waals surface area contributed by atoms with Gasteiger partial charge >= 0.3 is 0 Å². The molecule has 0 fully saturated rings. The molecule has 0 saturated carbocycles. The zero-order chi connectivity index (χ0) is 32.8. The third-order valence-electron chi connectivity index (χ3n) is 9.10. The molecular formula is C46H41N. The number of fused-ring (bicyclic) bond motifs is 3. The van der Waals surface area contributed by atoms with Gasteiger partial charge in [-0.3, -0.25) is 0 Å².